The molecular weight excluding hydrogens is 376 g/mol. The van der Waals surface area contributed by atoms with Crippen molar-refractivity contribution in [1.82, 2.24) is 29.7 Å². The molecule has 0 fully saturated rings. The molecule has 0 saturated carbocycles. The lowest BCUT2D eigenvalue weighted by Gasteiger charge is -2.06. The van der Waals surface area contributed by atoms with Gasteiger partial charge in [0.05, 0.1) is 5.69 Å². The number of hydrogen-bond acceptors (Lipinski definition) is 4. The third-order valence-corrected chi connectivity index (χ3v) is 5.66. The number of rotatable bonds is 5. The largest absolute Gasteiger partial charge is 0.350 e. The van der Waals surface area contributed by atoms with Crippen LogP contribution in [0.3, 0.4) is 0 Å². The van der Waals surface area contributed by atoms with Gasteiger partial charge < -0.3 is 5.32 Å². The lowest BCUT2D eigenvalue weighted by Crippen LogP contribution is -2.27. The van der Waals surface area contributed by atoms with Crippen LogP contribution in [0.2, 0.25) is 0 Å². The van der Waals surface area contributed by atoms with E-state index >= 15 is 0 Å². The first kappa shape index (κ1) is 18.5. The number of amides is 1. The number of pyridine rings is 1. The molecular formula is C23H24N6O. The van der Waals surface area contributed by atoms with E-state index in [0.717, 1.165) is 48.4 Å². The topological polar surface area (TPSA) is 77.1 Å². The first-order valence-electron chi connectivity index (χ1n) is 10.5. The van der Waals surface area contributed by atoms with Gasteiger partial charge in [-0.15, -0.1) is 10.2 Å². The Morgan fingerprint density at radius 2 is 1.80 bits per heavy atom. The molecule has 7 heteroatoms. The number of aromatic nitrogens is 5. The van der Waals surface area contributed by atoms with Crippen LogP contribution in [0.15, 0.2) is 54.7 Å². The number of para-hydroxylation sites is 1. The molecule has 3 aromatic heterocycles. The quantitative estimate of drug-likeness (QED) is 0.522. The average molecular weight is 400 g/mol. The van der Waals surface area contributed by atoms with Gasteiger partial charge in [0.15, 0.2) is 11.3 Å². The number of benzene rings is 1. The highest BCUT2D eigenvalue weighted by Crippen LogP contribution is 2.26. The van der Waals surface area contributed by atoms with E-state index in [-0.39, 0.29) is 5.91 Å². The first-order chi connectivity index (χ1) is 14.8. The van der Waals surface area contributed by atoms with Crippen molar-refractivity contribution < 1.29 is 4.79 Å². The number of hydrogen-bond donors (Lipinski definition) is 1. The molecule has 1 aliphatic rings. The van der Waals surface area contributed by atoms with Gasteiger partial charge in [-0.3, -0.25) is 9.20 Å². The van der Waals surface area contributed by atoms with E-state index in [4.69, 9.17) is 5.10 Å². The number of fused-ring (bicyclic) bond motifs is 2. The Labute approximate surface area is 174 Å². The van der Waals surface area contributed by atoms with Crippen molar-refractivity contribution >= 4 is 11.6 Å². The molecule has 4 aromatic rings. The van der Waals surface area contributed by atoms with Crippen LogP contribution in [-0.2, 0) is 19.3 Å². The molecule has 0 spiro atoms. The minimum atomic E-state index is -0.114. The Bertz CT molecular complexity index is 1180. The molecule has 5 rings (SSSR count). The second-order valence-corrected chi connectivity index (χ2v) is 7.63. The highest BCUT2D eigenvalue weighted by Gasteiger charge is 2.24. The standard InChI is InChI=1S/C23H24N6O/c30-23(24-15-14-21-26-25-20-13-7-8-16-28(20)21)22-18-11-5-2-6-12-19(18)29(27-22)17-9-3-1-4-10-17/h1,3-4,7-10,13,16H,2,5-6,11-12,14-15H2,(H,24,30). The van der Waals surface area contributed by atoms with Crippen LogP contribution in [-0.4, -0.2) is 36.8 Å². The summed E-state index contributed by atoms with van der Waals surface area (Å²) in [6, 6.07) is 15.9. The Morgan fingerprint density at radius 1 is 0.967 bits per heavy atom. The zero-order valence-electron chi connectivity index (χ0n) is 16.8. The molecule has 0 radical (unpaired) electrons. The fourth-order valence-electron chi connectivity index (χ4n) is 4.17. The summed E-state index contributed by atoms with van der Waals surface area (Å²) in [7, 11) is 0. The monoisotopic (exact) mass is 400 g/mol. The van der Waals surface area contributed by atoms with Crippen molar-refractivity contribution in [3.63, 3.8) is 0 Å². The van der Waals surface area contributed by atoms with Crippen LogP contribution < -0.4 is 5.32 Å². The minimum absolute atomic E-state index is 0.114. The van der Waals surface area contributed by atoms with Crippen molar-refractivity contribution in [3.05, 3.63) is 77.5 Å². The van der Waals surface area contributed by atoms with E-state index in [2.05, 4.69) is 15.5 Å². The molecule has 0 unspecified atom stereocenters. The SMILES string of the molecule is O=C(NCCc1nnc2ccccn12)c1nn(-c2ccccc2)c2c1CCCCC2. The molecule has 1 aromatic carbocycles. The van der Waals surface area contributed by atoms with Gasteiger partial charge in [-0.25, -0.2) is 4.68 Å². The van der Waals surface area contributed by atoms with E-state index in [0.29, 0.717) is 18.7 Å². The molecule has 1 N–H and O–H groups in total. The van der Waals surface area contributed by atoms with Gasteiger partial charge in [-0.05, 0) is 49.9 Å². The van der Waals surface area contributed by atoms with Gasteiger partial charge >= 0.3 is 0 Å². The summed E-state index contributed by atoms with van der Waals surface area (Å²) in [5.74, 6) is 0.719. The predicted octanol–water partition coefficient (Wildman–Crippen LogP) is 3.16. The second-order valence-electron chi connectivity index (χ2n) is 7.63. The van der Waals surface area contributed by atoms with Crippen LogP contribution in [0.5, 0.6) is 0 Å². The molecule has 0 aliphatic heterocycles. The molecule has 1 amide bonds. The van der Waals surface area contributed by atoms with Crippen molar-refractivity contribution in [2.45, 2.75) is 38.5 Å². The Kier molecular flexibility index (Phi) is 5.01. The van der Waals surface area contributed by atoms with Crippen LogP contribution in [0.1, 0.15) is 46.8 Å². The fourth-order valence-corrected chi connectivity index (χ4v) is 4.17. The predicted molar refractivity (Wildman–Crippen MR) is 114 cm³/mol. The lowest BCUT2D eigenvalue weighted by molar-refractivity contribution is 0.0947. The Balaban J connectivity index is 1.37. The van der Waals surface area contributed by atoms with Crippen molar-refractivity contribution in [3.8, 4) is 5.69 Å². The van der Waals surface area contributed by atoms with E-state index < -0.39 is 0 Å². The third kappa shape index (κ3) is 3.47. The highest BCUT2D eigenvalue weighted by molar-refractivity contribution is 5.94. The van der Waals surface area contributed by atoms with Gasteiger partial charge in [0.2, 0.25) is 0 Å². The summed E-state index contributed by atoms with van der Waals surface area (Å²) < 4.78 is 3.91. The van der Waals surface area contributed by atoms with E-state index in [1.807, 2.05) is 63.8 Å². The molecule has 0 bridgehead atoms. The summed E-state index contributed by atoms with van der Waals surface area (Å²) in [5, 5.41) is 16.2. The van der Waals surface area contributed by atoms with Crippen molar-refractivity contribution in [2.24, 2.45) is 0 Å². The second kappa shape index (κ2) is 8.10. The number of carbonyl (C=O) groups is 1. The van der Waals surface area contributed by atoms with Crippen molar-refractivity contribution in [1.29, 1.82) is 0 Å². The maximum absolute atomic E-state index is 13.0. The van der Waals surface area contributed by atoms with Gasteiger partial charge in [0, 0.05) is 30.4 Å². The van der Waals surface area contributed by atoms with E-state index in [1.54, 1.807) is 0 Å². The number of nitrogens with one attached hydrogen (secondary N) is 1. The molecule has 0 saturated heterocycles. The lowest BCUT2D eigenvalue weighted by atomic mass is 10.1. The Hall–Kier alpha value is -3.48. The molecule has 0 atom stereocenters. The molecule has 152 valence electrons. The zero-order valence-corrected chi connectivity index (χ0v) is 16.8. The third-order valence-electron chi connectivity index (χ3n) is 5.66. The van der Waals surface area contributed by atoms with Crippen LogP contribution in [0, 0.1) is 0 Å². The number of carbonyl (C=O) groups excluding carboxylic acids is 1. The molecule has 7 nitrogen and oxygen atoms in total. The number of nitrogens with zero attached hydrogens (tertiary/aromatic N) is 5. The van der Waals surface area contributed by atoms with Crippen LogP contribution in [0.4, 0.5) is 0 Å². The fraction of sp³-hybridized carbons (Fsp3) is 0.304. The van der Waals surface area contributed by atoms with Gasteiger partial charge in [-0.2, -0.15) is 5.10 Å². The average Bonchev–Trinajstić information content (AvgIpc) is 3.27. The van der Waals surface area contributed by atoms with E-state index in [1.165, 1.54) is 12.1 Å². The summed E-state index contributed by atoms with van der Waals surface area (Å²) >= 11 is 0. The summed E-state index contributed by atoms with van der Waals surface area (Å²) in [6.45, 7) is 0.488. The summed E-state index contributed by atoms with van der Waals surface area (Å²) in [6.07, 6.45) is 7.82. The van der Waals surface area contributed by atoms with Crippen molar-refractivity contribution in [2.75, 3.05) is 6.54 Å². The normalized spacial score (nSPS) is 13.7. The van der Waals surface area contributed by atoms with Gasteiger partial charge in [-0.1, -0.05) is 30.7 Å². The van der Waals surface area contributed by atoms with Crippen LogP contribution in [0.25, 0.3) is 11.3 Å². The highest BCUT2D eigenvalue weighted by atomic mass is 16.1. The maximum Gasteiger partial charge on any atom is 0.272 e. The van der Waals surface area contributed by atoms with E-state index in [9.17, 15) is 4.79 Å². The van der Waals surface area contributed by atoms with Gasteiger partial charge in [0.1, 0.15) is 5.82 Å². The summed E-state index contributed by atoms with van der Waals surface area (Å²) in [4.78, 5) is 13.0. The van der Waals surface area contributed by atoms with Crippen LogP contribution >= 0.6 is 0 Å². The molecule has 3 heterocycles. The zero-order chi connectivity index (χ0) is 20.3. The summed E-state index contributed by atoms with van der Waals surface area (Å²) in [5.41, 5.74) is 4.64. The smallest absolute Gasteiger partial charge is 0.272 e. The maximum atomic E-state index is 13.0. The first-order valence-corrected chi connectivity index (χ1v) is 10.5. The van der Waals surface area contributed by atoms with Gasteiger partial charge in [0.25, 0.3) is 5.91 Å². The Morgan fingerprint density at radius 3 is 2.70 bits per heavy atom. The minimum Gasteiger partial charge on any atom is -0.350 e. The molecule has 30 heavy (non-hydrogen) atoms. The molecule has 1 aliphatic carbocycles.